The van der Waals surface area contributed by atoms with E-state index in [-0.39, 0.29) is 5.91 Å². The molecule has 0 saturated heterocycles. The van der Waals surface area contributed by atoms with Gasteiger partial charge in [0.05, 0.1) is 21.1 Å². The Balaban J connectivity index is 3.55. The van der Waals surface area contributed by atoms with Crippen LogP contribution in [0, 0.1) is 0 Å². The van der Waals surface area contributed by atoms with Gasteiger partial charge >= 0.3 is 0 Å². The topological polar surface area (TPSA) is 43.1 Å². The number of carbonyl (C=O) groups excluding carboxylic acids is 1. The van der Waals surface area contributed by atoms with Gasteiger partial charge in [0.15, 0.2) is 6.54 Å². The number of rotatable bonds is 2. The van der Waals surface area contributed by atoms with Crippen molar-refractivity contribution in [1.82, 2.24) is 0 Å². The van der Waals surface area contributed by atoms with Crippen molar-refractivity contribution in [3.05, 3.63) is 0 Å². The minimum atomic E-state index is -0.252. The lowest BCUT2D eigenvalue weighted by Gasteiger charge is -2.21. The number of quaternary nitrogens is 1. The third-order valence-corrected chi connectivity index (χ3v) is 0.630. The first-order chi connectivity index (χ1) is 3.42. The number of carbonyl (C=O) groups is 1. The highest BCUT2D eigenvalue weighted by Crippen LogP contribution is 1.85. The molecule has 0 aliphatic rings. The summed E-state index contributed by atoms with van der Waals surface area (Å²) in [6.07, 6.45) is 0. The molecular weight excluding hydrogens is 104 g/mol. The maximum absolute atomic E-state index is 10.2. The largest absolute Gasteiger partial charge is 0.365 e. The second kappa shape index (κ2) is 2.13. The smallest absolute Gasteiger partial charge is 0.272 e. The SMILES string of the molecule is C[N+](C)(C)CC(N)=O. The molecule has 0 aliphatic heterocycles. The summed E-state index contributed by atoms with van der Waals surface area (Å²) in [6, 6.07) is 0. The van der Waals surface area contributed by atoms with E-state index in [4.69, 9.17) is 5.73 Å². The Labute approximate surface area is 49.7 Å². The first-order valence-electron chi connectivity index (χ1n) is 2.50. The average molecular weight is 117 g/mol. The van der Waals surface area contributed by atoms with Crippen molar-refractivity contribution in [3.8, 4) is 0 Å². The number of primary amides is 1. The maximum Gasteiger partial charge on any atom is 0.272 e. The van der Waals surface area contributed by atoms with Crippen molar-refractivity contribution in [1.29, 1.82) is 0 Å². The number of likely N-dealkylation sites (N-methyl/N-ethyl adjacent to an activating group) is 1. The van der Waals surface area contributed by atoms with Gasteiger partial charge in [0.1, 0.15) is 0 Å². The molecule has 48 valence electrons. The third-order valence-electron chi connectivity index (χ3n) is 0.630. The molecule has 3 nitrogen and oxygen atoms in total. The van der Waals surface area contributed by atoms with Crippen molar-refractivity contribution in [3.63, 3.8) is 0 Å². The Hall–Kier alpha value is -0.570. The molecule has 0 bridgehead atoms. The van der Waals surface area contributed by atoms with Gasteiger partial charge in [-0.05, 0) is 0 Å². The molecule has 0 aliphatic carbocycles. The lowest BCUT2D eigenvalue weighted by Crippen LogP contribution is -2.42. The fourth-order valence-electron chi connectivity index (χ4n) is 0.468. The summed E-state index contributed by atoms with van der Waals surface area (Å²) >= 11 is 0. The molecule has 0 aromatic heterocycles. The molecule has 0 saturated carbocycles. The Morgan fingerprint density at radius 2 is 1.88 bits per heavy atom. The van der Waals surface area contributed by atoms with Gasteiger partial charge in [0.25, 0.3) is 5.91 Å². The van der Waals surface area contributed by atoms with E-state index in [2.05, 4.69) is 0 Å². The van der Waals surface area contributed by atoms with E-state index < -0.39 is 0 Å². The molecule has 8 heavy (non-hydrogen) atoms. The summed E-state index contributed by atoms with van der Waals surface area (Å²) in [5.41, 5.74) is 4.92. The van der Waals surface area contributed by atoms with Crippen LogP contribution in [0.25, 0.3) is 0 Å². The van der Waals surface area contributed by atoms with Crippen LogP contribution in [0.4, 0.5) is 0 Å². The van der Waals surface area contributed by atoms with Gasteiger partial charge in [-0.3, -0.25) is 4.79 Å². The summed E-state index contributed by atoms with van der Waals surface area (Å²) in [5.74, 6) is -0.252. The number of nitrogens with zero attached hydrogens (tertiary/aromatic N) is 1. The third kappa shape index (κ3) is 5.43. The van der Waals surface area contributed by atoms with Gasteiger partial charge in [0, 0.05) is 0 Å². The quantitative estimate of drug-likeness (QED) is 0.472. The molecule has 0 unspecified atom stereocenters. The van der Waals surface area contributed by atoms with E-state index in [0.717, 1.165) is 0 Å². The van der Waals surface area contributed by atoms with Crippen LogP contribution < -0.4 is 5.73 Å². The molecule has 0 aromatic rings. The van der Waals surface area contributed by atoms with Crippen molar-refractivity contribution in [2.45, 2.75) is 0 Å². The Kier molecular flexibility index (Phi) is 1.98. The predicted molar refractivity (Wildman–Crippen MR) is 32.1 cm³/mol. The number of amides is 1. The molecule has 0 spiro atoms. The van der Waals surface area contributed by atoms with E-state index in [1.165, 1.54) is 0 Å². The highest BCUT2D eigenvalue weighted by atomic mass is 16.1. The zero-order valence-corrected chi connectivity index (χ0v) is 5.64. The molecule has 0 atom stereocenters. The standard InChI is InChI=1S/C5H12N2O/c1-7(2,3)4-5(6)8/h4H2,1-3H3,(H-,6,8)/p+1. The average Bonchev–Trinajstić information content (AvgIpc) is 1.21. The number of hydrogen-bond donors (Lipinski definition) is 1. The summed E-state index contributed by atoms with van der Waals surface area (Å²) in [5, 5.41) is 0. The molecule has 0 fully saturated rings. The van der Waals surface area contributed by atoms with Crippen LogP contribution >= 0.6 is 0 Å². The second-order valence-corrected chi connectivity index (χ2v) is 2.91. The van der Waals surface area contributed by atoms with E-state index >= 15 is 0 Å². The molecule has 0 heterocycles. The zero-order valence-electron chi connectivity index (χ0n) is 5.64. The molecule has 2 N–H and O–H groups in total. The first kappa shape index (κ1) is 7.43. The highest BCUT2D eigenvalue weighted by molar-refractivity contribution is 5.74. The van der Waals surface area contributed by atoms with Gasteiger partial charge < -0.3 is 10.2 Å². The predicted octanol–water partition coefficient (Wildman–Crippen LogP) is -0.822. The van der Waals surface area contributed by atoms with Gasteiger partial charge in [-0.25, -0.2) is 0 Å². The second-order valence-electron chi connectivity index (χ2n) is 2.91. The first-order valence-corrected chi connectivity index (χ1v) is 2.50. The molecule has 0 radical (unpaired) electrons. The Bertz CT molecular complexity index is 93.1. The van der Waals surface area contributed by atoms with Gasteiger partial charge in [-0.2, -0.15) is 0 Å². The van der Waals surface area contributed by atoms with Gasteiger partial charge in [0.2, 0.25) is 0 Å². The molecule has 1 amide bonds. The Morgan fingerprint density at radius 1 is 1.50 bits per heavy atom. The van der Waals surface area contributed by atoms with E-state index in [0.29, 0.717) is 11.0 Å². The van der Waals surface area contributed by atoms with Crippen LogP contribution in [0.5, 0.6) is 0 Å². The van der Waals surface area contributed by atoms with Crippen LogP contribution in [0.3, 0.4) is 0 Å². The lowest BCUT2D eigenvalue weighted by molar-refractivity contribution is -0.862. The van der Waals surface area contributed by atoms with Gasteiger partial charge in [-0.15, -0.1) is 0 Å². The minimum Gasteiger partial charge on any atom is -0.365 e. The van der Waals surface area contributed by atoms with Crippen molar-refractivity contribution in [2.75, 3.05) is 27.7 Å². The van der Waals surface area contributed by atoms with E-state index in [1.807, 2.05) is 21.1 Å². The van der Waals surface area contributed by atoms with Crippen LogP contribution in [0.15, 0.2) is 0 Å². The fourth-order valence-corrected chi connectivity index (χ4v) is 0.468. The van der Waals surface area contributed by atoms with Crippen LogP contribution in [0.2, 0.25) is 0 Å². The molecule has 0 aromatic carbocycles. The highest BCUT2D eigenvalue weighted by Gasteiger charge is 2.09. The summed E-state index contributed by atoms with van der Waals surface area (Å²) < 4.78 is 0.606. The minimum absolute atomic E-state index is 0.252. The van der Waals surface area contributed by atoms with Crippen LogP contribution in [-0.2, 0) is 4.79 Å². The Morgan fingerprint density at radius 3 is 1.88 bits per heavy atom. The number of nitrogens with two attached hydrogens (primary N) is 1. The summed E-state index contributed by atoms with van der Waals surface area (Å²) in [4.78, 5) is 10.2. The van der Waals surface area contributed by atoms with Crippen LogP contribution in [-0.4, -0.2) is 38.1 Å². The van der Waals surface area contributed by atoms with E-state index in [1.54, 1.807) is 0 Å². The lowest BCUT2D eigenvalue weighted by atomic mass is 10.5. The fraction of sp³-hybridized carbons (Fsp3) is 0.800. The van der Waals surface area contributed by atoms with Crippen molar-refractivity contribution < 1.29 is 9.28 Å². The van der Waals surface area contributed by atoms with E-state index in [9.17, 15) is 4.79 Å². The van der Waals surface area contributed by atoms with Crippen molar-refractivity contribution in [2.24, 2.45) is 5.73 Å². The number of hydrogen-bond acceptors (Lipinski definition) is 1. The monoisotopic (exact) mass is 117 g/mol. The summed E-state index contributed by atoms with van der Waals surface area (Å²) in [7, 11) is 5.76. The van der Waals surface area contributed by atoms with Crippen LogP contribution in [0.1, 0.15) is 0 Å². The maximum atomic E-state index is 10.2. The normalized spacial score (nSPS) is 11.4. The molecule has 0 rings (SSSR count). The van der Waals surface area contributed by atoms with Crippen molar-refractivity contribution >= 4 is 5.91 Å². The van der Waals surface area contributed by atoms with Gasteiger partial charge in [-0.1, -0.05) is 0 Å². The molecule has 3 heteroatoms. The zero-order chi connectivity index (χ0) is 6.78. The molecular formula is C5H13N2O+. The summed E-state index contributed by atoms with van der Waals surface area (Å²) in [6.45, 7) is 0.403.